The van der Waals surface area contributed by atoms with Crippen LogP contribution in [0.4, 0.5) is 4.39 Å². The third kappa shape index (κ3) is 3.94. The molecule has 0 bridgehead atoms. The fraction of sp³-hybridized carbons (Fsp3) is 0.400. The van der Waals surface area contributed by atoms with Crippen molar-refractivity contribution in [3.05, 3.63) is 59.4 Å². The van der Waals surface area contributed by atoms with E-state index in [1.54, 1.807) is 0 Å². The molecule has 4 rings (SSSR count). The second-order valence-corrected chi connectivity index (χ2v) is 6.58. The van der Waals surface area contributed by atoms with Gasteiger partial charge in [-0.1, -0.05) is 24.3 Å². The molecule has 0 aromatic heterocycles. The quantitative estimate of drug-likeness (QED) is 0.800. The number of nitrogens with zero attached hydrogens (tertiary/aromatic N) is 1. The van der Waals surface area contributed by atoms with Crippen LogP contribution < -0.4 is 9.47 Å². The zero-order valence-corrected chi connectivity index (χ0v) is 14.1. The normalized spacial score (nSPS) is 18.9. The fourth-order valence-electron chi connectivity index (χ4n) is 3.47. The third-order valence-corrected chi connectivity index (χ3v) is 4.68. The molecular weight excluding hydrogens is 321 g/mol. The number of halogens is 1. The molecule has 0 saturated carbocycles. The standard InChI is InChI=1S/C20H22FNO3/c21-17-8-6-15(7-9-17)11-22(13-18-4-2-10-23-18)12-16-3-1-5-19-20(16)25-14-24-19/h1,3,5-9,18H,2,4,10-14H2/t18-/m0/s1. The van der Waals surface area contributed by atoms with Crippen LogP contribution in [0, 0.1) is 5.82 Å². The summed E-state index contributed by atoms with van der Waals surface area (Å²) >= 11 is 0. The maximum atomic E-state index is 13.2. The molecule has 0 N–H and O–H groups in total. The first-order valence-electron chi connectivity index (χ1n) is 8.74. The van der Waals surface area contributed by atoms with E-state index in [2.05, 4.69) is 11.0 Å². The Bertz CT molecular complexity index is 713. The molecule has 1 fully saturated rings. The van der Waals surface area contributed by atoms with Crippen LogP contribution in [0.1, 0.15) is 24.0 Å². The van der Waals surface area contributed by atoms with E-state index in [-0.39, 0.29) is 18.7 Å². The Labute approximate surface area is 147 Å². The summed E-state index contributed by atoms with van der Waals surface area (Å²) in [5, 5.41) is 0. The molecule has 2 aromatic carbocycles. The highest BCUT2D eigenvalue weighted by atomic mass is 19.1. The maximum Gasteiger partial charge on any atom is 0.231 e. The van der Waals surface area contributed by atoms with Gasteiger partial charge in [-0.15, -0.1) is 0 Å². The van der Waals surface area contributed by atoms with Crippen molar-refractivity contribution in [2.45, 2.75) is 32.0 Å². The van der Waals surface area contributed by atoms with Crippen molar-refractivity contribution in [3.63, 3.8) is 0 Å². The maximum absolute atomic E-state index is 13.2. The number of para-hydroxylation sites is 1. The van der Waals surface area contributed by atoms with Crippen molar-refractivity contribution in [3.8, 4) is 11.5 Å². The van der Waals surface area contributed by atoms with Crippen molar-refractivity contribution >= 4 is 0 Å². The predicted octanol–water partition coefficient (Wildman–Crippen LogP) is 3.74. The highest BCUT2D eigenvalue weighted by Crippen LogP contribution is 2.36. The Balaban J connectivity index is 1.52. The van der Waals surface area contributed by atoms with Crippen LogP contribution >= 0.6 is 0 Å². The molecule has 2 aliphatic heterocycles. The minimum Gasteiger partial charge on any atom is -0.454 e. The zero-order valence-electron chi connectivity index (χ0n) is 14.1. The van der Waals surface area contributed by atoms with Gasteiger partial charge in [0, 0.05) is 31.8 Å². The summed E-state index contributed by atoms with van der Waals surface area (Å²) in [6, 6.07) is 12.7. The largest absolute Gasteiger partial charge is 0.454 e. The van der Waals surface area contributed by atoms with E-state index in [1.165, 1.54) is 12.1 Å². The Kier molecular flexibility index (Phi) is 4.85. The van der Waals surface area contributed by atoms with Crippen molar-refractivity contribution in [1.29, 1.82) is 0 Å². The fourth-order valence-corrected chi connectivity index (χ4v) is 3.47. The van der Waals surface area contributed by atoms with Crippen molar-refractivity contribution in [1.82, 2.24) is 4.90 Å². The lowest BCUT2D eigenvalue weighted by atomic mass is 10.1. The third-order valence-electron chi connectivity index (χ3n) is 4.68. The van der Waals surface area contributed by atoms with E-state index in [1.807, 2.05) is 24.3 Å². The first-order valence-corrected chi connectivity index (χ1v) is 8.74. The van der Waals surface area contributed by atoms with Crippen molar-refractivity contribution < 1.29 is 18.6 Å². The molecule has 0 radical (unpaired) electrons. The molecule has 1 atom stereocenters. The lowest BCUT2D eigenvalue weighted by Gasteiger charge is -2.26. The second kappa shape index (κ2) is 7.42. The predicted molar refractivity (Wildman–Crippen MR) is 92.1 cm³/mol. The Morgan fingerprint density at radius 2 is 1.92 bits per heavy atom. The summed E-state index contributed by atoms with van der Waals surface area (Å²) in [4.78, 5) is 2.33. The first-order chi connectivity index (χ1) is 12.3. The van der Waals surface area contributed by atoms with E-state index >= 15 is 0 Å². The highest BCUT2D eigenvalue weighted by Gasteiger charge is 2.23. The van der Waals surface area contributed by atoms with Gasteiger partial charge in [0.2, 0.25) is 6.79 Å². The average molecular weight is 343 g/mol. The molecule has 0 aliphatic carbocycles. The van der Waals surface area contributed by atoms with Crippen LogP contribution in [0.15, 0.2) is 42.5 Å². The molecule has 25 heavy (non-hydrogen) atoms. The van der Waals surface area contributed by atoms with E-state index in [4.69, 9.17) is 14.2 Å². The number of hydrogen-bond donors (Lipinski definition) is 0. The molecule has 2 aliphatic rings. The Morgan fingerprint density at radius 3 is 2.72 bits per heavy atom. The number of hydrogen-bond acceptors (Lipinski definition) is 4. The topological polar surface area (TPSA) is 30.9 Å². The highest BCUT2D eigenvalue weighted by molar-refractivity contribution is 5.48. The molecule has 5 heteroatoms. The van der Waals surface area contributed by atoms with Crippen LogP contribution in [0.2, 0.25) is 0 Å². The van der Waals surface area contributed by atoms with Crippen LogP contribution in [-0.2, 0) is 17.8 Å². The van der Waals surface area contributed by atoms with Gasteiger partial charge < -0.3 is 14.2 Å². The molecule has 2 aromatic rings. The van der Waals surface area contributed by atoms with Gasteiger partial charge in [-0.3, -0.25) is 4.90 Å². The Morgan fingerprint density at radius 1 is 1.04 bits per heavy atom. The molecule has 0 amide bonds. The lowest BCUT2D eigenvalue weighted by molar-refractivity contribution is 0.0675. The van der Waals surface area contributed by atoms with Gasteiger partial charge in [-0.2, -0.15) is 0 Å². The van der Waals surface area contributed by atoms with E-state index in [0.29, 0.717) is 0 Å². The lowest BCUT2D eigenvalue weighted by Crippen LogP contribution is -2.31. The molecule has 132 valence electrons. The number of rotatable bonds is 6. The summed E-state index contributed by atoms with van der Waals surface area (Å²) in [7, 11) is 0. The van der Waals surface area contributed by atoms with Gasteiger partial charge in [-0.25, -0.2) is 4.39 Å². The molecular formula is C20H22FNO3. The summed E-state index contributed by atoms with van der Waals surface area (Å²) in [5.41, 5.74) is 2.19. The minimum absolute atomic E-state index is 0.208. The second-order valence-electron chi connectivity index (χ2n) is 6.58. The molecule has 1 saturated heterocycles. The van der Waals surface area contributed by atoms with Crippen molar-refractivity contribution in [2.24, 2.45) is 0 Å². The summed E-state index contributed by atoms with van der Waals surface area (Å²) in [6.07, 6.45) is 2.47. The van der Waals surface area contributed by atoms with Crippen LogP contribution in [0.5, 0.6) is 11.5 Å². The van der Waals surface area contributed by atoms with E-state index < -0.39 is 0 Å². The van der Waals surface area contributed by atoms with Gasteiger partial charge in [-0.05, 0) is 36.6 Å². The number of benzene rings is 2. The van der Waals surface area contributed by atoms with E-state index in [0.717, 1.165) is 61.7 Å². The van der Waals surface area contributed by atoms with Gasteiger partial charge in [0.25, 0.3) is 0 Å². The molecule has 0 unspecified atom stereocenters. The van der Waals surface area contributed by atoms with Crippen molar-refractivity contribution in [2.75, 3.05) is 19.9 Å². The smallest absolute Gasteiger partial charge is 0.231 e. The summed E-state index contributed by atoms with van der Waals surface area (Å²) in [6.45, 7) is 3.44. The SMILES string of the molecule is Fc1ccc(CN(Cc2cccc3c2OCO3)C[C@@H]2CCCO2)cc1. The molecule has 0 spiro atoms. The van der Waals surface area contributed by atoms with Gasteiger partial charge in [0.05, 0.1) is 6.10 Å². The zero-order chi connectivity index (χ0) is 17.1. The molecule has 4 nitrogen and oxygen atoms in total. The van der Waals surface area contributed by atoms with Gasteiger partial charge in [0.1, 0.15) is 5.82 Å². The number of fused-ring (bicyclic) bond motifs is 1. The van der Waals surface area contributed by atoms with Gasteiger partial charge >= 0.3 is 0 Å². The summed E-state index contributed by atoms with van der Waals surface area (Å²) in [5.74, 6) is 1.43. The monoisotopic (exact) mass is 343 g/mol. The minimum atomic E-state index is -0.208. The van der Waals surface area contributed by atoms with Crippen LogP contribution in [0.25, 0.3) is 0 Å². The molecule has 2 heterocycles. The van der Waals surface area contributed by atoms with E-state index in [9.17, 15) is 4.39 Å². The van der Waals surface area contributed by atoms with Gasteiger partial charge in [0.15, 0.2) is 11.5 Å². The summed E-state index contributed by atoms with van der Waals surface area (Å²) < 4.78 is 30.1. The van der Waals surface area contributed by atoms with Crippen LogP contribution in [-0.4, -0.2) is 30.9 Å². The average Bonchev–Trinajstić information content (AvgIpc) is 3.29. The first kappa shape index (κ1) is 16.4. The Hall–Kier alpha value is -2.11. The number of ether oxygens (including phenoxy) is 3. The van der Waals surface area contributed by atoms with Crippen LogP contribution in [0.3, 0.4) is 0 Å².